The minimum Gasteiger partial charge on any atom is -0.384 e. The Morgan fingerprint density at radius 2 is 1.39 bits per heavy atom. The van der Waals surface area contributed by atoms with Gasteiger partial charge in [-0.1, -0.05) is 0 Å². The summed E-state index contributed by atoms with van der Waals surface area (Å²) >= 11 is 2.46. The van der Waals surface area contributed by atoms with E-state index < -0.39 is 91.6 Å². The van der Waals surface area contributed by atoms with Crippen molar-refractivity contribution in [3.05, 3.63) is 63.1 Å². The number of benzene rings is 1. The Balaban J connectivity index is 3.20. The number of allylic oxidation sites excluding steroid dienone is 4. The van der Waals surface area contributed by atoms with Gasteiger partial charge < -0.3 is 5.73 Å². The predicted molar refractivity (Wildman–Crippen MR) is 96.2 cm³/mol. The number of hydrogen-bond donors (Lipinski definition) is 1. The van der Waals surface area contributed by atoms with Gasteiger partial charge in [0.25, 0.3) is 0 Å². The van der Waals surface area contributed by atoms with E-state index in [2.05, 4.69) is 15.9 Å². The lowest BCUT2D eigenvalue weighted by molar-refractivity contribution is -0.306. The lowest BCUT2D eigenvalue weighted by atomic mass is 9.75. The third kappa shape index (κ3) is 4.84. The van der Waals surface area contributed by atoms with Crippen molar-refractivity contribution >= 4 is 21.6 Å². The number of alkyl halides is 12. The highest BCUT2D eigenvalue weighted by Crippen LogP contribution is 2.59. The molecule has 0 fully saturated rings. The fourth-order valence-corrected chi connectivity index (χ4v) is 3.73. The summed E-state index contributed by atoms with van der Waals surface area (Å²) in [5.74, 6) is -5.35. The molecule has 0 bridgehead atoms. The largest absolute Gasteiger partial charge is 0.421 e. The second-order valence-electron chi connectivity index (χ2n) is 6.85. The maximum Gasteiger partial charge on any atom is 0.421 e. The molecule has 0 spiro atoms. The fraction of sp³-hybridized carbons (Fsp3) is 0.278. The van der Waals surface area contributed by atoms with Gasteiger partial charge in [0.2, 0.25) is 5.41 Å². The molecular weight excluding hydrogens is 604 g/mol. The lowest BCUT2D eigenvalue weighted by Crippen LogP contribution is -2.54. The molecule has 1 aromatic carbocycles. The van der Waals surface area contributed by atoms with Gasteiger partial charge in [-0.25, -0.2) is 8.78 Å². The van der Waals surface area contributed by atoms with Crippen LogP contribution < -0.4 is 10.6 Å². The van der Waals surface area contributed by atoms with E-state index in [4.69, 9.17) is 11.0 Å². The lowest BCUT2D eigenvalue weighted by Gasteiger charge is -2.42. The zero-order chi connectivity index (χ0) is 28.2. The predicted octanol–water partition coefficient (Wildman–Crippen LogP) is 7.29. The van der Waals surface area contributed by atoms with Crippen molar-refractivity contribution in [2.24, 2.45) is 11.1 Å². The van der Waals surface area contributed by atoms with Gasteiger partial charge in [0.15, 0.2) is 5.82 Å². The number of nitriles is 1. The molecule has 0 aliphatic carbocycles. The van der Waals surface area contributed by atoms with Gasteiger partial charge in [0.05, 0.1) is 11.3 Å². The molecule has 0 saturated carbocycles. The summed E-state index contributed by atoms with van der Waals surface area (Å²) in [7, 11) is 0. The molecular formula is C18H6BrF14N3. The molecule has 0 saturated heterocycles. The molecule has 3 nitrogen and oxygen atoms in total. The van der Waals surface area contributed by atoms with Crippen LogP contribution in [0.25, 0.3) is 0 Å². The second kappa shape index (κ2) is 8.85. The van der Waals surface area contributed by atoms with Crippen molar-refractivity contribution < 1.29 is 61.5 Å². The van der Waals surface area contributed by atoms with Gasteiger partial charge >= 0.3 is 24.7 Å². The fourth-order valence-electron chi connectivity index (χ4n) is 3.14. The molecule has 0 radical (unpaired) electrons. The number of anilines is 1. The van der Waals surface area contributed by atoms with E-state index in [1.54, 1.807) is 0 Å². The molecule has 2 N–H and O–H groups in total. The van der Waals surface area contributed by atoms with E-state index in [0.29, 0.717) is 12.1 Å². The van der Waals surface area contributed by atoms with Crippen LogP contribution >= 0.6 is 15.9 Å². The summed E-state index contributed by atoms with van der Waals surface area (Å²) < 4.78 is 189. The monoisotopic (exact) mass is 609 g/mol. The van der Waals surface area contributed by atoms with Crippen molar-refractivity contribution in [3.63, 3.8) is 0 Å². The summed E-state index contributed by atoms with van der Waals surface area (Å²) in [5, 5.41) is 9.11. The van der Waals surface area contributed by atoms with Crippen molar-refractivity contribution in [2.45, 2.75) is 24.7 Å². The maximum atomic E-state index is 14.5. The minimum atomic E-state index is -6.60. The first kappa shape index (κ1) is 29.3. The Kier molecular flexibility index (Phi) is 7.19. The Hall–Kier alpha value is -2.97. The van der Waals surface area contributed by atoms with Gasteiger partial charge in [0, 0.05) is 16.2 Å². The van der Waals surface area contributed by atoms with E-state index >= 15 is 0 Å². The number of halogens is 15. The molecule has 1 heterocycles. The van der Waals surface area contributed by atoms with Crippen LogP contribution in [0, 0.1) is 28.4 Å². The molecule has 198 valence electrons. The van der Waals surface area contributed by atoms with Crippen molar-refractivity contribution in [2.75, 3.05) is 4.90 Å². The van der Waals surface area contributed by atoms with E-state index in [1.807, 2.05) is 0 Å². The average molecular weight is 610 g/mol. The van der Waals surface area contributed by atoms with Gasteiger partial charge in [-0.15, -0.1) is 0 Å². The van der Waals surface area contributed by atoms with E-state index in [-0.39, 0.29) is 6.07 Å². The number of nitrogens with two attached hydrogens (primary N) is 1. The first-order chi connectivity index (χ1) is 16.0. The van der Waals surface area contributed by atoms with Gasteiger partial charge in [-0.3, -0.25) is 4.90 Å². The summed E-state index contributed by atoms with van der Waals surface area (Å²) in [4.78, 5) is -0.440. The van der Waals surface area contributed by atoms with Crippen molar-refractivity contribution in [1.29, 1.82) is 5.26 Å². The SMILES string of the molecule is N#CC1=C(N)N(c2c(F)cc(F)cc2Br)C(C=C(C(F)(F)F)C(F)(F)F)=CC1(C(F)(F)F)C(F)(F)F. The number of nitrogens with zero attached hydrogens (tertiary/aromatic N) is 2. The Morgan fingerprint density at radius 3 is 1.75 bits per heavy atom. The first-order valence-electron chi connectivity index (χ1n) is 8.58. The zero-order valence-corrected chi connectivity index (χ0v) is 18.0. The molecule has 0 amide bonds. The summed E-state index contributed by atoms with van der Waals surface area (Å²) in [6.07, 6.45) is -28.3. The normalized spacial score (nSPS) is 17.1. The zero-order valence-electron chi connectivity index (χ0n) is 16.5. The van der Waals surface area contributed by atoms with Crippen LogP contribution in [0.5, 0.6) is 0 Å². The van der Waals surface area contributed by atoms with E-state index in [1.165, 1.54) is 0 Å². The molecule has 18 heteroatoms. The summed E-state index contributed by atoms with van der Waals surface area (Å²) in [6, 6.07) is 0.765. The van der Waals surface area contributed by atoms with Crippen LogP contribution in [0.4, 0.5) is 67.2 Å². The first-order valence-corrected chi connectivity index (χ1v) is 9.37. The highest BCUT2D eigenvalue weighted by atomic mass is 79.9. The van der Waals surface area contributed by atoms with Gasteiger partial charge in [-0.2, -0.15) is 57.9 Å². The van der Waals surface area contributed by atoms with Crippen LogP contribution in [0.2, 0.25) is 0 Å². The quantitative estimate of drug-likeness (QED) is 0.358. The van der Waals surface area contributed by atoms with Crippen LogP contribution in [0.3, 0.4) is 0 Å². The Morgan fingerprint density at radius 1 is 0.917 bits per heavy atom. The second-order valence-corrected chi connectivity index (χ2v) is 7.71. The third-order valence-electron chi connectivity index (χ3n) is 4.63. The number of rotatable bonds is 2. The van der Waals surface area contributed by atoms with E-state index in [0.717, 1.165) is 0 Å². The Labute approximate surface area is 198 Å². The molecule has 0 unspecified atom stereocenters. The van der Waals surface area contributed by atoms with Crippen LogP contribution in [-0.2, 0) is 0 Å². The van der Waals surface area contributed by atoms with Crippen LogP contribution in [-0.4, -0.2) is 24.7 Å². The van der Waals surface area contributed by atoms with E-state index in [9.17, 15) is 61.5 Å². The smallest absolute Gasteiger partial charge is 0.384 e. The summed E-state index contributed by atoms with van der Waals surface area (Å²) in [5.41, 5.74) is -9.91. The van der Waals surface area contributed by atoms with Crippen molar-refractivity contribution in [3.8, 4) is 6.07 Å². The molecule has 1 aliphatic rings. The van der Waals surface area contributed by atoms with Crippen LogP contribution in [0.15, 0.2) is 51.4 Å². The van der Waals surface area contributed by atoms with Crippen molar-refractivity contribution in [1.82, 2.24) is 0 Å². The number of hydrogen-bond acceptors (Lipinski definition) is 3. The highest BCUT2D eigenvalue weighted by molar-refractivity contribution is 9.10. The maximum absolute atomic E-state index is 14.5. The molecule has 0 atom stereocenters. The third-order valence-corrected chi connectivity index (χ3v) is 5.23. The Bertz CT molecular complexity index is 1140. The summed E-state index contributed by atoms with van der Waals surface area (Å²) in [6.45, 7) is 0. The molecule has 2 rings (SSSR count). The molecule has 1 aromatic rings. The van der Waals surface area contributed by atoms with Gasteiger partial charge in [0.1, 0.15) is 23.3 Å². The topological polar surface area (TPSA) is 53.1 Å². The standard InChI is InChI=1S/C18H6BrF14N3/c19-9-1-6(20)2-10(21)12(9)36-7(3-11(15(22,23)24)16(25,26)27)4-14(17(28,29)30,18(31,32)33)8(5-34)13(36)35/h1-4H,35H2. The van der Waals surface area contributed by atoms with Gasteiger partial charge in [-0.05, 0) is 34.1 Å². The molecule has 1 aliphatic heterocycles. The highest BCUT2D eigenvalue weighted by Gasteiger charge is 2.74. The molecule has 0 aromatic heterocycles. The molecule has 36 heavy (non-hydrogen) atoms. The average Bonchev–Trinajstić information content (AvgIpc) is 2.62. The van der Waals surface area contributed by atoms with Crippen LogP contribution in [0.1, 0.15) is 0 Å². The minimum absolute atomic E-state index is 0.0510.